The number of benzene rings is 2. The van der Waals surface area contributed by atoms with E-state index in [1.54, 1.807) is 23.9 Å². The maximum Gasteiger partial charge on any atom is 0.234 e. The molecule has 4 aromatic rings. The number of aryl methyl sites for hydroxylation is 2. The lowest BCUT2D eigenvalue weighted by atomic mass is 10.2. The van der Waals surface area contributed by atoms with Gasteiger partial charge in [-0.05, 0) is 50.2 Å². The van der Waals surface area contributed by atoms with E-state index in [0.29, 0.717) is 21.8 Å². The predicted molar refractivity (Wildman–Crippen MR) is 130 cm³/mol. The Morgan fingerprint density at radius 2 is 1.85 bits per heavy atom. The van der Waals surface area contributed by atoms with E-state index in [1.165, 1.54) is 11.8 Å². The highest BCUT2D eigenvalue weighted by molar-refractivity contribution is 7.99. The van der Waals surface area contributed by atoms with E-state index in [0.717, 1.165) is 28.3 Å². The summed E-state index contributed by atoms with van der Waals surface area (Å²) in [5.41, 5.74) is 4.02. The molecule has 10 heteroatoms. The summed E-state index contributed by atoms with van der Waals surface area (Å²) < 4.78 is 9.17. The zero-order valence-corrected chi connectivity index (χ0v) is 20.2. The van der Waals surface area contributed by atoms with Gasteiger partial charge in [-0.1, -0.05) is 35.5 Å². The highest BCUT2D eigenvalue weighted by Gasteiger charge is 2.20. The van der Waals surface area contributed by atoms with Crippen molar-refractivity contribution in [1.82, 2.24) is 24.5 Å². The molecule has 1 amide bonds. The van der Waals surface area contributed by atoms with Crippen molar-refractivity contribution < 1.29 is 9.53 Å². The van der Waals surface area contributed by atoms with Crippen molar-refractivity contribution in [3.05, 3.63) is 64.9 Å². The molecule has 2 aromatic heterocycles. The second-order valence-corrected chi connectivity index (χ2v) is 8.70. The van der Waals surface area contributed by atoms with Crippen LogP contribution in [-0.4, -0.2) is 43.3 Å². The van der Waals surface area contributed by atoms with Crippen molar-refractivity contribution in [1.29, 1.82) is 0 Å². The molecule has 8 nitrogen and oxygen atoms in total. The second-order valence-electron chi connectivity index (χ2n) is 7.32. The zero-order chi connectivity index (χ0) is 23.5. The molecule has 0 aliphatic rings. The van der Waals surface area contributed by atoms with E-state index >= 15 is 0 Å². The molecule has 0 saturated heterocycles. The van der Waals surface area contributed by atoms with Gasteiger partial charge in [-0.2, -0.15) is 5.10 Å². The molecule has 33 heavy (non-hydrogen) atoms. The standard InChI is InChI=1S/C23H23ClN6O2S/c1-14-21(15(2)29(3)28-14)25-20(31)13-33-23-27-26-22(18-7-5-6-8-19(18)32-4)30(23)17-11-9-16(24)10-12-17/h5-12H,13H2,1-4H3,(H,25,31). The largest absolute Gasteiger partial charge is 0.496 e. The number of hydrogen-bond acceptors (Lipinski definition) is 6. The predicted octanol–water partition coefficient (Wildman–Crippen LogP) is 4.68. The highest BCUT2D eigenvalue weighted by atomic mass is 35.5. The molecule has 0 saturated carbocycles. The van der Waals surface area contributed by atoms with Gasteiger partial charge in [-0.15, -0.1) is 10.2 Å². The molecule has 0 fully saturated rings. The molecular formula is C23H23ClN6O2S. The van der Waals surface area contributed by atoms with Crippen LogP contribution >= 0.6 is 23.4 Å². The molecule has 0 spiro atoms. The van der Waals surface area contributed by atoms with Crippen LogP contribution in [0.3, 0.4) is 0 Å². The van der Waals surface area contributed by atoms with Gasteiger partial charge in [-0.25, -0.2) is 0 Å². The Kier molecular flexibility index (Phi) is 6.71. The van der Waals surface area contributed by atoms with Crippen LogP contribution in [0.4, 0.5) is 5.69 Å². The number of halogens is 1. The van der Waals surface area contributed by atoms with Crippen molar-refractivity contribution in [3.8, 4) is 22.8 Å². The number of hydrogen-bond donors (Lipinski definition) is 1. The van der Waals surface area contributed by atoms with Gasteiger partial charge in [0.15, 0.2) is 11.0 Å². The van der Waals surface area contributed by atoms with Crippen LogP contribution < -0.4 is 10.1 Å². The first kappa shape index (κ1) is 22.9. The number of carbonyl (C=O) groups excluding carboxylic acids is 1. The van der Waals surface area contributed by atoms with Gasteiger partial charge in [0.05, 0.1) is 35.5 Å². The maximum absolute atomic E-state index is 12.7. The molecule has 2 aromatic carbocycles. The number of carbonyl (C=O) groups is 1. The van der Waals surface area contributed by atoms with Gasteiger partial charge < -0.3 is 10.1 Å². The second kappa shape index (κ2) is 9.68. The van der Waals surface area contributed by atoms with Crippen LogP contribution in [0.5, 0.6) is 5.75 Å². The number of methoxy groups -OCH3 is 1. The van der Waals surface area contributed by atoms with Crippen molar-refractivity contribution in [3.63, 3.8) is 0 Å². The van der Waals surface area contributed by atoms with Gasteiger partial charge in [0.2, 0.25) is 5.91 Å². The first-order valence-electron chi connectivity index (χ1n) is 10.2. The van der Waals surface area contributed by atoms with Crippen LogP contribution in [0.1, 0.15) is 11.4 Å². The fourth-order valence-electron chi connectivity index (χ4n) is 3.45. The quantitative estimate of drug-likeness (QED) is 0.385. The van der Waals surface area contributed by atoms with Crippen LogP contribution in [-0.2, 0) is 11.8 Å². The molecule has 0 bridgehead atoms. The minimum atomic E-state index is -0.149. The Morgan fingerprint density at radius 1 is 1.12 bits per heavy atom. The number of para-hydroxylation sites is 1. The van der Waals surface area contributed by atoms with Crippen LogP contribution in [0.15, 0.2) is 53.7 Å². The molecule has 0 aliphatic heterocycles. The molecule has 0 aliphatic carbocycles. The number of rotatable bonds is 7. The fraction of sp³-hybridized carbons (Fsp3) is 0.217. The Labute approximate surface area is 200 Å². The van der Waals surface area contributed by atoms with Gasteiger partial charge >= 0.3 is 0 Å². The lowest BCUT2D eigenvalue weighted by Crippen LogP contribution is -2.15. The number of aromatic nitrogens is 5. The van der Waals surface area contributed by atoms with Gasteiger partial charge in [0.25, 0.3) is 0 Å². The average molecular weight is 483 g/mol. The van der Waals surface area contributed by atoms with Crippen LogP contribution in [0.2, 0.25) is 5.02 Å². The number of nitrogens with one attached hydrogen (secondary N) is 1. The average Bonchev–Trinajstić information content (AvgIpc) is 3.34. The van der Waals surface area contributed by atoms with Crippen molar-refractivity contribution >= 4 is 35.0 Å². The lowest BCUT2D eigenvalue weighted by molar-refractivity contribution is -0.113. The highest BCUT2D eigenvalue weighted by Crippen LogP contribution is 2.33. The number of anilines is 1. The normalized spacial score (nSPS) is 10.9. The van der Waals surface area contributed by atoms with Gasteiger partial charge in [-0.3, -0.25) is 14.0 Å². The molecule has 4 rings (SSSR count). The SMILES string of the molecule is COc1ccccc1-c1nnc(SCC(=O)Nc2c(C)nn(C)c2C)n1-c1ccc(Cl)cc1. The summed E-state index contributed by atoms with van der Waals surface area (Å²) in [7, 11) is 3.46. The number of ether oxygens (including phenoxy) is 1. The van der Waals surface area contributed by atoms with Gasteiger partial charge in [0.1, 0.15) is 5.75 Å². The number of amides is 1. The monoisotopic (exact) mass is 482 g/mol. The number of thioether (sulfide) groups is 1. The fourth-order valence-corrected chi connectivity index (χ4v) is 4.33. The first-order valence-corrected chi connectivity index (χ1v) is 11.5. The van der Waals surface area contributed by atoms with E-state index in [9.17, 15) is 4.79 Å². The Morgan fingerprint density at radius 3 is 2.52 bits per heavy atom. The molecule has 170 valence electrons. The van der Waals surface area contributed by atoms with E-state index in [2.05, 4.69) is 20.6 Å². The summed E-state index contributed by atoms with van der Waals surface area (Å²) in [5, 5.41) is 17.3. The minimum Gasteiger partial charge on any atom is -0.496 e. The van der Waals surface area contributed by atoms with Crippen molar-refractivity contribution in [2.24, 2.45) is 7.05 Å². The topological polar surface area (TPSA) is 86.9 Å². The summed E-state index contributed by atoms with van der Waals surface area (Å²) in [6.45, 7) is 3.78. The smallest absolute Gasteiger partial charge is 0.234 e. The van der Waals surface area contributed by atoms with Crippen LogP contribution in [0, 0.1) is 13.8 Å². The van der Waals surface area contributed by atoms with Gasteiger partial charge in [0, 0.05) is 17.8 Å². The third kappa shape index (κ3) is 4.74. The molecule has 0 radical (unpaired) electrons. The van der Waals surface area contributed by atoms with Crippen molar-refractivity contribution in [2.45, 2.75) is 19.0 Å². The molecule has 1 N–H and O–H groups in total. The Bertz CT molecular complexity index is 1300. The van der Waals surface area contributed by atoms with E-state index < -0.39 is 0 Å². The lowest BCUT2D eigenvalue weighted by Gasteiger charge is -2.12. The summed E-state index contributed by atoms with van der Waals surface area (Å²) in [5.74, 6) is 1.29. The third-order valence-electron chi connectivity index (χ3n) is 5.17. The molecule has 0 atom stereocenters. The third-order valence-corrected chi connectivity index (χ3v) is 6.35. The Balaban J connectivity index is 1.65. The molecule has 0 unspecified atom stereocenters. The first-order chi connectivity index (χ1) is 15.9. The summed E-state index contributed by atoms with van der Waals surface area (Å²) in [6.07, 6.45) is 0. The minimum absolute atomic E-state index is 0.149. The zero-order valence-electron chi connectivity index (χ0n) is 18.7. The van der Waals surface area contributed by atoms with Crippen molar-refractivity contribution in [2.75, 3.05) is 18.2 Å². The summed E-state index contributed by atoms with van der Waals surface area (Å²) in [4.78, 5) is 12.7. The van der Waals surface area contributed by atoms with E-state index in [4.69, 9.17) is 16.3 Å². The maximum atomic E-state index is 12.7. The van der Waals surface area contributed by atoms with Crippen LogP contribution in [0.25, 0.3) is 17.1 Å². The summed E-state index contributed by atoms with van der Waals surface area (Å²) >= 11 is 7.40. The van der Waals surface area contributed by atoms with E-state index in [1.807, 2.05) is 61.9 Å². The Hall–Kier alpha value is -3.30. The number of nitrogens with zero attached hydrogens (tertiary/aromatic N) is 5. The summed E-state index contributed by atoms with van der Waals surface area (Å²) in [6, 6.07) is 15.0. The molecular weight excluding hydrogens is 460 g/mol. The van der Waals surface area contributed by atoms with E-state index in [-0.39, 0.29) is 11.7 Å². The molecule has 2 heterocycles.